The zero-order valence-corrected chi connectivity index (χ0v) is 12.2. The molecule has 0 saturated carbocycles. The third-order valence-corrected chi connectivity index (χ3v) is 3.93. The van der Waals surface area contributed by atoms with Crippen molar-refractivity contribution in [1.82, 2.24) is 10.1 Å². The van der Waals surface area contributed by atoms with Gasteiger partial charge in [-0.2, -0.15) is 0 Å². The number of carbonyl (C=O) groups is 1. The van der Waals surface area contributed by atoms with Crippen molar-refractivity contribution in [1.29, 1.82) is 0 Å². The van der Waals surface area contributed by atoms with Gasteiger partial charge in [-0.15, -0.1) is 0 Å². The van der Waals surface area contributed by atoms with E-state index in [-0.39, 0.29) is 10.0 Å². The fraction of sp³-hybridized carbons (Fsp3) is 0.364. The minimum atomic E-state index is -0.493. The van der Waals surface area contributed by atoms with Crippen LogP contribution in [-0.4, -0.2) is 23.2 Å². The number of rotatable bonds is 4. The molecule has 0 aliphatic rings. The molecule has 1 N–H and O–H groups in total. The van der Waals surface area contributed by atoms with Gasteiger partial charge in [0.1, 0.15) is 5.76 Å². The van der Waals surface area contributed by atoms with E-state index < -0.39 is 5.97 Å². The quantitative estimate of drug-likeness (QED) is 0.875. The number of nitrogens with zero attached hydrogens (tertiary/aromatic N) is 2. The summed E-state index contributed by atoms with van der Waals surface area (Å²) >= 11 is 7.02. The Morgan fingerprint density at radius 2 is 2.26 bits per heavy atom. The van der Waals surface area contributed by atoms with Gasteiger partial charge < -0.3 is 14.6 Å². The van der Waals surface area contributed by atoms with Gasteiger partial charge in [0.2, 0.25) is 0 Å². The zero-order valence-electron chi connectivity index (χ0n) is 10.6. The Morgan fingerprint density at radius 1 is 1.53 bits per heavy atom. The van der Waals surface area contributed by atoms with Crippen molar-refractivity contribution in [2.75, 3.05) is 12.4 Å². The molecule has 0 unspecified atom stereocenters. The summed E-state index contributed by atoms with van der Waals surface area (Å²) < 4.78 is 9.67. The van der Waals surface area contributed by atoms with E-state index in [1.807, 2.05) is 13.8 Å². The fourth-order valence-corrected chi connectivity index (χ4v) is 2.61. The highest BCUT2D eigenvalue weighted by molar-refractivity contribution is 7.18. The van der Waals surface area contributed by atoms with Crippen LogP contribution in [0.5, 0.6) is 0 Å². The lowest BCUT2D eigenvalue weighted by atomic mass is 10.2. The molecule has 2 rings (SSSR count). The van der Waals surface area contributed by atoms with Crippen molar-refractivity contribution < 1.29 is 14.1 Å². The van der Waals surface area contributed by atoms with Crippen molar-refractivity contribution in [3.63, 3.8) is 0 Å². The highest BCUT2D eigenvalue weighted by Crippen LogP contribution is 2.28. The van der Waals surface area contributed by atoms with E-state index in [1.165, 1.54) is 7.11 Å². The summed E-state index contributed by atoms with van der Waals surface area (Å²) in [4.78, 5) is 15.7. The number of halogens is 1. The molecule has 2 aromatic rings. The first-order valence-corrected chi connectivity index (χ1v) is 6.62. The Kier molecular flexibility index (Phi) is 4.06. The Balaban J connectivity index is 2.11. The third-order valence-electron chi connectivity index (χ3n) is 2.55. The minimum Gasteiger partial charge on any atom is -0.465 e. The second-order valence-corrected chi connectivity index (χ2v) is 5.14. The number of ether oxygens (including phenoxy) is 1. The number of aryl methyl sites for hydroxylation is 2. The number of aromatic nitrogens is 2. The van der Waals surface area contributed by atoms with E-state index in [2.05, 4.69) is 20.2 Å². The van der Waals surface area contributed by atoms with E-state index in [1.54, 1.807) is 0 Å². The predicted octanol–water partition coefficient (Wildman–Crippen LogP) is 2.80. The number of nitrogens with one attached hydrogen (secondary N) is 1. The molecule has 0 spiro atoms. The predicted molar refractivity (Wildman–Crippen MR) is 71.8 cm³/mol. The van der Waals surface area contributed by atoms with Crippen LogP contribution in [0.1, 0.15) is 26.7 Å². The summed E-state index contributed by atoms with van der Waals surface area (Å²) in [6.45, 7) is 4.21. The third kappa shape index (κ3) is 2.87. The standard InChI is InChI=1S/C11H12ClN3O3S/c1-5-7(6(2)18-15-5)4-13-11-14-9(12)8(19-11)10(16)17-3/h4H2,1-3H3,(H,13,14). The van der Waals surface area contributed by atoms with Crippen LogP contribution in [0.25, 0.3) is 0 Å². The first-order chi connectivity index (χ1) is 9.02. The van der Waals surface area contributed by atoms with Crippen LogP contribution in [0.3, 0.4) is 0 Å². The second kappa shape index (κ2) is 5.58. The molecular weight excluding hydrogens is 290 g/mol. The highest BCUT2D eigenvalue weighted by atomic mass is 35.5. The van der Waals surface area contributed by atoms with E-state index in [4.69, 9.17) is 16.1 Å². The molecule has 19 heavy (non-hydrogen) atoms. The monoisotopic (exact) mass is 301 g/mol. The van der Waals surface area contributed by atoms with Crippen molar-refractivity contribution in [2.45, 2.75) is 20.4 Å². The molecule has 2 heterocycles. The van der Waals surface area contributed by atoms with E-state index in [0.717, 1.165) is 28.4 Å². The number of hydrogen-bond donors (Lipinski definition) is 1. The van der Waals surface area contributed by atoms with Crippen molar-refractivity contribution in [3.8, 4) is 0 Å². The maximum atomic E-state index is 11.4. The molecule has 0 atom stereocenters. The Hall–Kier alpha value is -1.60. The van der Waals surface area contributed by atoms with Crippen LogP contribution in [-0.2, 0) is 11.3 Å². The summed E-state index contributed by atoms with van der Waals surface area (Å²) in [7, 11) is 1.30. The number of esters is 1. The minimum absolute atomic E-state index is 0.137. The van der Waals surface area contributed by atoms with Crippen LogP contribution >= 0.6 is 22.9 Å². The molecule has 0 radical (unpaired) electrons. The molecular formula is C11H12ClN3O3S. The average molecular weight is 302 g/mol. The summed E-state index contributed by atoms with van der Waals surface area (Å²) in [5.41, 5.74) is 1.78. The maximum absolute atomic E-state index is 11.4. The molecule has 0 bridgehead atoms. The smallest absolute Gasteiger partial charge is 0.351 e. The molecule has 0 amide bonds. The summed E-state index contributed by atoms with van der Waals surface area (Å²) in [5, 5.41) is 7.63. The Labute approximate surface area is 118 Å². The maximum Gasteiger partial charge on any atom is 0.351 e. The molecule has 0 aliphatic heterocycles. The number of methoxy groups -OCH3 is 1. The van der Waals surface area contributed by atoms with E-state index in [9.17, 15) is 4.79 Å². The Bertz CT molecular complexity index is 589. The van der Waals surface area contributed by atoms with Gasteiger partial charge in [0.15, 0.2) is 15.2 Å². The largest absolute Gasteiger partial charge is 0.465 e. The second-order valence-electron chi connectivity index (χ2n) is 3.79. The summed E-state index contributed by atoms with van der Waals surface area (Å²) in [6, 6.07) is 0. The Morgan fingerprint density at radius 3 is 2.84 bits per heavy atom. The summed E-state index contributed by atoms with van der Waals surface area (Å²) in [6.07, 6.45) is 0. The molecule has 0 aliphatic carbocycles. The summed E-state index contributed by atoms with van der Waals surface area (Å²) in [5.74, 6) is 0.258. The molecule has 0 aromatic carbocycles. The van der Waals surface area contributed by atoms with E-state index in [0.29, 0.717) is 11.7 Å². The van der Waals surface area contributed by atoms with Crippen LogP contribution in [0.15, 0.2) is 4.52 Å². The van der Waals surface area contributed by atoms with Crippen LogP contribution < -0.4 is 5.32 Å². The lowest BCUT2D eigenvalue weighted by Gasteiger charge is -2.00. The number of hydrogen-bond acceptors (Lipinski definition) is 7. The van der Waals surface area contributed by atoms with Gasteiger partial charge in [-0.1, -0.05) is 28.1 Å². The van der Waals surface area contributed by atoms with E-state index >= 15 is 0 Å². The van der Waals surface area contributed by atoms with Gasteiger partial charge in [-0.3, -0.25) is 0 Å². The van der Waals surface area contributed by atoms with Gasteiger partial charge in [0.25, 0.3) is 0 Å². The molecule has 0 fully saturated rings. The van der Waals surface area contributed by atoms with Gasteiger partial charge in [-0.25, -0.2) is 9.78 Å². The molecule has 6 nitrogen and oxygen atoms in total. The lowest BCUT2D eigenvalue weighted by molar-refractivity contribution is 0.0606. The number of carbonyl (C=O) groups excluding carboxylic acids is 1. The van der Waals surface area contributed by atoms with Gasteiger partial charge in [0.05, 0.1) is 12.8 Å². The number of thiazole rings is 1. The topological polar surface area (TPSA) is 77.2 Å². The van der Waals surface area contributed by atoms with Crippen molar-refractivity contribution in [2.24, 2.45) is 0 Å². The first-order valence-electron chi connectivity index (χ1n) is 5.43. The van der Waals surface area contributed by atoms with Gasteiger partial charge in [0, 0.05) is 12.1 Å². The number of anilines is 1. The lowest BCUT2D eigenvalue weighted by Crippen LogP contribution is -2.00. The van der Waals surface area contributed by atoms with Crippen molar-refractivity contribution >= 4 is 34.0 Å². The molecule has 102 valence electrons. The zero-order chi connectivity index (χ0) is 14.0. The average Bonchev–Trinajstić information content (AvgIpc) is 2.90. The SMILES string of the molecule is COC(=O)c1sc(NCc2c(C)noc2C)nc1Cl. The van der Waals surface area contributed by atoms with Crippen LogP contribution in [0.2, 0.25) is 5.15 Å². The van der Waals surface area contributed by atoms with Crippen LogP contribution in [0.4, 0.5) is 5.13 Å². The van der Waals surface area contributed by atoms with Crippen molar-refractivity contribution in [3.05, 3.63) is 27.0 Å². The first kappa shape index (κ1) is 13.8. The normalized spacial score (nSPS) is 10.5. The van der Waals surface area contributed by atoms with Crippen LogP contribution in [0, 0.1) is 13.8 Å². The molecule has 8 heteroatoms. The van der Waals surface area contributed by atoms with Gasteiger partial charge >= 0.3 is 5.97 Å². The molecule has 0 saturated heterocycles. The van der Waals surface area contributed by atoms with Gasteiger partial charge in [-0.05, 0) is 13.8 Å². The highest BCUT2D eigenvalue weighted by Gasteiger charge is 2.17. The molecule has 2 aromatic heterocycles. The fourth-order valence-electron chi connectivity index (χ4n) is 1.51.